The number of nitrogens with one attached hydrogen (secondary N) is 2. The molecule has 0 saturated heterocycles. The third-order valence-electron chi connectivity index (χ3n) is 7.75. The van der Waals surface area contributed by atoms with Gasteiger partial charge in [-0.05, 0) is 63.9 Å². The molecule has 0 unspecified atom stereocenters. The van der Waals surface area contributed by atoms with Crippen LogP contribution in [0.5, 0.6) is 5.88 Å². The smallest absolute Gasteiger partial charge is 0.224 e. The molecule has 0 spiro atoms. The van der Waals surface area contributed by atoms with Gasteiger partial charge in [0.25, 0.3) is 0 Å². The molecule has 3 saturated carbocycles. The number of nitrogens with zero attached hydrogens (tertiary/aromatic N) is 3. The predicted octanol–water partition coefficient (Wildman–Crippen LogP) is 3.03. The summed E-state index contributed by atoms with van der Waals surface area (Å²) in [5.41, 5.74) is 2.82. The van der Waals surface area contributed by atoms with Gasteiger partial charge >= 0.3 is 0 Å². The monoisotopic (exact) mass is 509 g/mol. The molecule has 198 valence electrons. The van der Waals surface area contributed by atoms with Gasteiger partial charge < -0.3 is 35.1 Å². The zero-order valence-electron chi connectivity index (χ0n) is 21.3. The number of hydrogen-bond acceptors (Lipinski definition) is 10. The number of aryl methyl sites for hydroxylation is 2. The molecule has 0 amide bonds. The third-order valence-corrected chi connectivity index (χ3v) is 7.75. The molecule has 10 heteroatoms. The first-order valence-electron chi connectivity index (χ1n) is 13.3. The first-order chi connectivity index (χ1) is 17.9. The van der Waals surface area contributed by atoms with Gasteiger partial charge in [0.1, 0.15) is 17.7 Å². The summed E-state index contributed by atoms with van der Waals surface area (Å²) in [4.78, 5) is 14.0. The van der Waals surface area contributed by atoms with Gasteiger partial charge in [-0.25, -0.2) is 9.97 Å². The number of ether oxygens (including phenoxy) is 1. The molecule has 0 bridgehead atoms. The summed E-state index contributed by atoms with van der Waals surface area (Å²) in [5, 5.41) is 38.2. The van der Waals surface area contributed by atoms with Gasteiger partial charge in [-0.3, -0.25) is 0 Å². The minimum atomic E-state index is -1.03. The van der Waals surface area contributed by atoms with Gasteiger partial charge in [-0.1, -0.05) is 0 Å². The van der Waals surface area contributed by atoms with Crippen molar-refractivity contribution in [3.05, 3.63) is 23.5 Å². The highest BCUT2D eigenvalue weighted by atomic mass is 16.5. The number of anilines is 2. The molecule has 4 atom stereocenters. The lowest BCUT2D eigenvalue weighted by Crippen LogP contribution is -2.35. The van der Waals surface area contributed by atoms with E-state index in [2.05, 4.69) is 15.6 Å². The summed E-state index contributed by atoms with van der Waals surface area (Å²) in [5.74, 6) is 3.07. The van der Waals surface area contributed by atoms with Crippen molar-refractivity contribution in [2.45, 2.75) is 64.2 Å². The number of hydrogen-bond donors (Lipinski definition) is 5. The fourth-order valence-corrected chi connectivity index (χ4v) is 5.09. The normalized spacial score (nSPS) is 25.5. The van der Waals surface area contributed by atoms with Crippen LogP contribution in [0.4, 0.5) is 11.8 Å². The summed E-state index contributed by atoms with van der Waals surface area (Å²) in [6.07, 6.45) is 3.22. The maximum absolute atomic E-state index is 10.7. The Morgan fingerprint density at radius 3 is 2.49 bits per heavy atom. The van der Waals surface area contributed by atoms with Crippen LogP contribution in [0, 0.1) is 31.6 Å². The second-order valence-corrected chi connectivity index (χ2v) is 10.9. The Labute approximate surface area is 215 Å². The predicted molar refractivity (Wildman–Crippen MR) is 139 cm³/mol. The number of pyridine rings is 1. The molecule has 5 N–H and O–H groups in total. The second-order valence-electron chi connectivity index (χ2n) is 10.9. The number of aromatic nitrogens is 3. The number of aliphatic hydroxyl groups is 3. The third kappa shape index (κ3) is 5.10. The van der Waals surface area contributed by atoms with Crippen molar-refractivity contribution in [2.24, 2.45) is 17.8 Å². The molecule has 3 aromatic rings. The molecule has 10 nitrogen and oxygen atoms in total. The van der Waals surface area contributed by atoms with Crippen LogP contribution in [0.2, 0.25) is 0 Å². The first-order valence-corrected chi connectivity index (χ1v) is 13.3. The van der Waals surface area contributed by atoms with Crippen LogP contribution in [0.3, 0.4) is 0 Å². The van der Waals surface area contributed by atoms with Crippen molar-refractivity contribution >= 4 is 22.7 Å². The highest BCUT2D eigenvalue weighted by molar-refractivity contribution is 5.88. The Bertz CT molecular complexity index is 1290. The van der Waals surface area contributed by atoms with Crippen LogP contribution in [0.15, 0.2) is 16.5 Å². The molecule has 6 rings (SSSR count). The van der Waals surface area contributed by atoms with Gasteiger partial charge in [0.05, 0.1) is 35.7 Å². The average Bonchev–Trinajstić information content (AvgIpc) is 3.80. The molecule has 37 heavy (non-hydrogen) atoms. The van der Waals surface area contributed by atoms with E-state index in [9.17, 15) is 15.3 Å². The van der Waals surface area contributed by atoms with Crippen molar-refractivity contribution in [3.63, 3.8) is 0 Å². The summed E-state index contributed by atoms with van der Waals surface area (Å²) in [6, 6.07) is 3.36. The molecule has 3 fully saturated rings. The lowest BCUT2D eigenvalue weighted by Gasteiger charge is -2.21. The van der Waals surface area contributed by atoms with Crippen molar-refractivity contribution in [1.29, 1.82) is 0 Å². The summed E-state index contributed by atoms with van der Waals surface area (Å²) in [6.45, 7) is 5.11. The highest BCUT2D eigenvalue weighted by Crippen LogP contribution is 2.39. The maximum Gasteiger partial charge on any atom is 0.224 e. The van der Waals surface area contributed by atoms with E-state index in [0.29, 0.717) is 59.4 Å². The fraction of sp³-hybridized carbons (Fsp3) is 0.593. The van der Waals surface area contributed by atoms with E-state index in [-0.39, 0.29) is 6.61 Å². The zero-order chi connectivity index (χ0) is 25.7. The first kappa shape index (κ1) is 24.4. The highest BCUT2D eigenvalue weighted by Gasteiger charge is 2.41. The minimum Gasteiger partial charge on any atom is -0.477 e. The van der Waals surface area contributed by atoms with Crippen molar-refractivity contribution in [3.8, 4) is 17.2 Å². The standard InChI is InChI=1S/C27H35N5O5/c1-13-22(20-8-17-9-21(36-12-16-5-6-16)29-14(2)25(17)37-20)26(32-27(30-13)28-10-15-3-4-15)31-19-7-18(11-33)23(34)24(19)35/h8-9,15-16,18-19,23-24,33-35H,3-7,10-12H2,1-2H3,(H2,28,30,31,32)/t18-,19-,23-,24+/m1/s1. The molecule has 3 heterocycles. The molecule has 0 aromatic carbocycles. The molecule has 3 aromatic heterocycles. The molecular formula is C27H35N5O5. The fourth-order valence-electron chi connectivity index (χ4n) is 5.09. The molecular weight excluding hydrogens is 474 g/mol. The van der Waals surface area contributed by atoms with Crippen LogP contribution in [0.1, 0.15) is 43.5 Å². The average molecular weight is 510 g/mol. The Kier molecular flexibility index (Phi) is 6.42. The zero-order valence-corrected chi connectivity index (χ0v) is 21.3. The quantitative estimate of drug-likeness (QED) is 0.276. The summed E-state index contributed by atoms with van der Waals surface area (Å²) >= 11 is 0. The molecule has 3 aliphatic carbocycles. The van der Waals surface area contributed by atoms with Crippen LogP contribution in [-0.4, -0.2) is 68.3 Å². The van der Waals surface area contributed by atoms with E-state index in [0.717, 1.165) is 23.3 Å². The van der Waals surface area contributed by atoms with Gasteiger partial charge in [-0.2, -0.15) is 4.98 Å². The van der Waals surface area contributed by atoms with E-state index < -0.39 is 24.2 Å². The SMILES string of the molecule is Cc1nc(NCC2CC2)nc(N[C@@H]2C[C@H](CO)[C@@H](O)[C@H]2O)c1-c1cc2cc(OCC3CC3)nc(C)c2o1. The summed E-state index contributed by atoms with van der Waals surface area (Å²) in [7, 11) is 0. The lowest BCUT2D eigenvalue weighted by molar-refractivity contribution is 0.00446. The lowest BCUT2D eigenvalue weighted by atomic mass is 10.1. The Morgan fingerprint density at radius 2 is 1.78 bits per heavy atom. The maximum atomic E-state index is 10.7. The Hall–Kier alpha value is -2.95. The van der Waals surface area contributed by atoms with Gasteiger partial charge in [0.2, 0.25) is 11.8 Å². The second kappa shape index (κ2) is 9.74. The van der Waals surface area contributed by atoms with E-state index >= 15 is 0 Å². The molecule has 0 radical (unpaired) electrons. The van der Waals surface area contributed by atoms with Crippen molar-refractivity contribution in [2.75, 3.05) is 30.4 Å². The van der Waals surface area contributed by atoms with Crippen molar-refractivity contribution in [1.82, 2.24) is 15.0 Å². The Balaban J connectivity index is 1.35. The van der Waals surface area contributed by atoms with Crippen LogP contribution < -0.4 is 15.4 Å². The minimum absolute atomic E-state index is 0.193. The van der Waals surface area contributed by atoms with Gasteiger partial charge in [-0.15, -0.1) is 0 Å². The van der Waals surface area contributed by atoms with Gasteiger partial charge in [0.15, 0.2) is 5.58 Å². The molecule has 3 aliphatic rings. The Morgan fingerprint density at radius 1 is 1.00 bits per heavy atom. The van der Waals surface area contributed by atoms with Gasteiger partial charge in [0, 0.05) is 30.5 Å². The van der Waals surface area contributed by atoms with E-state index in [1.54, 1.807) is 0 Å². The van der Waals surface area contributed by atoms with E-state index in [1.165, 1.54) is 25.7 Å². The van der Waals surface area contributed by atoms with Crippen LogP contribution in [-0.2, 0) is 0 Å². The number of aliphatic hydroxyl groups excluding tert-OH is 3. The number of rotatable bonds is 10. The number of fused-ring (bicyclic) bond motifs is 1. The summed E-state index contributed by atoms with van der Waals surface area (Å²) < 4.78 is 12.2. The van der Waals surface area contributed by atoms with E-state index in [4.69, 9.17) is 19.1 Å². The van der Waals surface area contributed by atoms with Crippen LogP contribution in [0.25, 0.3) is 22.3 Å². The topological polar surface area (TPSA) is 146 Å². The van der Waals surface area contributed by atoms with Crippen molar-refractivity contribution < 1.29 is 24.5 Å². The molecule has 0 aliphatic heterocycles. The van der Waals surface area contributed by atoms with E-state index in [1.807, 2.05) is 26.0 Å². The number of furan rings is 1. The van der Waals surface area contributed by atoms with Crippen LogP contribution >= 0.6 is 0 Å². The largest absolute Gasteiger partial charge is 0.477 e.